The summed E-state index contributed by atoms with van der Waals surface area (Å²) in [6, 6.07) is 13.7. The molecule has 0 radical (unpaired) electrons. The van der Waals surface area contributed by atoms with Crippen molar-refractivity contribution in [3.8, 4) is 5.69 Å². The zero-order chi connectivity index (χ0) is 21.3. The van der Waals surface area contributed by atoms with Crippen molar-refractivity contribution in [3.63, 3.8) is 0 Å². The third-order valence-corrected chi connectivity index (χ3v) is 6.76. The fourth-order valence-electron chi connectivity index (χ4n) is 3.96. The Morgan fingerprint density at radius 2 is 1.90 bits per heavy atom. The highest BCUT2D eigenvalue weighted by molar-refractivity contribution is 8.00. The molecule has 3 aromatic rings. The van der Waals surface area contributed by atoms with Crippen molar-refractivity contribution in [1.29, 1.82) is 0 Å². The third-order valence-electron chi connectivity index (χ3n) is 5.70. The lowest BCUT2D eigenvalue weighted by Gasteiger charge is -2.19. The van der Waals surface area contributed by atoms with E-state index in [2.05, 4.69) is 5.32 Å². The number of carbonyl (C=O) groups excluding carboxylic acids is 1. The standard InChI is InChI=1S/C24H27N3O2S/c1-15-12-13-16(2)21(14-15)27-23(29)19-10-6-7-11-20(19)26-24(27)30-17(3)22(28)25-18-8-4-5-9-18/h6-7,10-14,17-18H,4-5,8-9H2,1-3H3,(H,25,28)/t17-/m1/s1. The second-order valence-electron chi connectivity index (χ2n) is 8.09. The average molecular weight is 422 g/mol. The van der Waals surface area contributed by atoms with E-state index in [1.54, 1.807) is 10.6 Å². The van der Waals surface area contributed by atoms with E-state index in [0.717, 1.165) is 29.7 Å². The van der Waals surface area contributed by atoms with Crippen LogP contribution < -0.4 is 10.9 Å². The minimum absolute atomic E-state index is 0.00169. The fourth-order valence-corrected chi connectivity index (χ4v) is 4.89. The summed E-state index contributed by atoms with van der Waals surface area (Å²) in [7, 11) is 0. The summed E-state index contributed by atoms with van der Waals surface area (Å²) in [5.41, 5.74) is 3.41. The molecular formula is C24H27N3O2S. The molecule has 1 fully saturated rings. The van der Waals surface area contributed by atoms with Crippen LogP contribution in [0.15, 0.2) is 52.4 Å². The minimum atomic E-state index is -0.352. The van der Waals surface area contributed by atoms with Gasteiger partial charge in [0.05, 0.1) is 21.8 Å². The van der Waals surface area contributed by atoms with Gasteiger partial charge in [-0.25, -0.2) is 4.98 Å². The summed E-state index contributed by atoms with van der Waals surface area (Å²) < 4.78 is 1.66. The monoisotopic (exact) mass is 421 g/mol. The molecule has 1 aliphatic rings. The zero-order valence-corrected chi connectivity index (χ0v) is 18.5. The van der Waals surface area contributed by atoms with Gasteiger partial charge in [-0.3, -0.25) is 14.2 Å². The Hall–Kier alpha value is -2.60. The zero-order valence-electron chi connectivity index (χ0n) is 17.6. The van der Waals surface area contributed by atoms with Crippen LogP contribution in [0.1, 0.15) is 43.7 Å². The van der Waals surface area contributed by atoms with Crippen molar-refractivity contribution in [2.75, 3.05) is 0 Å². The molecule has 0 spiro atoms. The number of carbonyl (C=O) groups is 1. The highest BCUT2D eigenvalue weighted by Gasteiger charge is 2.24. The van der Waals surface area contributed by atoms with Gasteiger partial charge in [-0.15, -0.1) is 0 Å². The number of aryl methyl sites for hydroxylation is 2. The number of thioether (sulfide) groups is 1. The van der Waals surface area contributed by atoms with E-state index in [4.69, 9.17) is 4.98 Å². The van der Waals surface area contributed by atoms with Crippen molar-refractivity contribution < 1.29 is 4.79 Å². The van der Waals surface area contributed by atoms with E-state index in [-0.39, 0.29) is 22.8 Å². The summed E-state index contributed by atoms with van der Waals surface area (Å²) in [4.78, 5) is 31.0. The number of fused-ring (bicyclic) bond motifs is 1. The average Bonchev–Trinajstić information content (AvgIpc) is 3.23. The molecule has 1 N–H and O–H groups in total. The van der Waals surface area contributed by atoms with Crippen molar-refractivity contribution >= 4 is 28.6 Å². The Morgan fingerprint density at radius 1 is 1.17 bits per heavy atom. The summed E-state index contributed by atoms with van der Waals surface area (Å²) in [6.07, 6.45) is 4.44. The second kappa shape index (κ2) is 8.64. The summed E-state index contributed by atoms with van der Waals surface area (Å²) in [5.74, 6) is 0.00169. The number of amides is 1. The van der Waals surface area contributed by atoms with Crippen LogP contribution in [0.3, 0.4) is 0 Å². The number of hydrogen-bond donors (Lipinski definition) is 1. The molecule has 0 bridgehead atoms. The van der Waals surface area contributed by atoms with E-state index in [0.29, 0.717) is 16.1 Å². The Bertz CT molecular complexity index is 1150. The molecule has 6 heteroatoms. The van der Waals surface area contributed by atoms with Gasteiger partial charge in [0, 0.05) is 6.04 Å². The van der Waals surface area contributed by atoms with Gasteiger partial charge in [0.1, 0.15) is 0 Å². The Morgan fingerprint density at radius 3 is 2.67 bits per heavy atom. The summed E-state index contributed by atoms with van der Waals surface area (Å²) in [6.45, 7) is 5.87. The van der Waals surface area contributed by atoms with Crippen molar-refractivity contribution in [2.45, 2.75) is 62.9 Å². The molecule has 1 atom stereocenters. The molecule has 1 saturated carbocycles. The maximum Gasteiger partial charge on any atom is 0.266 e. The predicted molar refractivity (Wildman–Crippen MR) is 123 cm³/mol. The maximum atomic E-state index is 13.5. The molecule has 2 aromatic carbocycles. The first kappa shape index (κ1) is 20.7. The van der Waals surface area contributed by atoms with Crippen LogP contribution in [-0.4, -0.2) is 26.8 Å². The lowest BCUT2D eigenvalue weighted by Crippen LogP contribution is -2.38. The molecule has 4 rings (SSSR count). The van der Waals surface area contributed by atoms with Gasteiger partial charge in [-0.2, -0.15) is 0 Å². The van der Waals surface area contributed by atoms with Gasteiger partial charge in [0.2, 0.25) is 5.91 Å². The SMILES string of the molecule is Cc1ccc(C)c(-n2c(S[C@H](C)C(=O)NC3CCCC3)nc3ccccc3c2=O)c1. The van der Waals surface area contributed by atoms with Crippen molar-refractivity contribution in [3.05, 3.63) is 63.9 Å². The molecule has 0 saturated heterocycles. The minimum Gasteiger partial charge on any atom is -0.352 e. The number of para-hydroxylation sites is 1. The van der Waals surface area contributed by atoms with Crippen LogP contribution in [0.25, 0.3) is 16.6 Å². The summed E-state index contributed by atoms with van der Waals surface area (Å²) >= 11 is 1.34. The number of nitrogens with zero attached hydrogens (tertiary/aromatic N) is 2. The van der Waals surface area contributed by atoms with E-state index in [1.807, 2.05) is 57.2 Å². The molecule has 156 valence electrons. The highest BCUT2D eigenvalue weighted by Crippen LogP contribution is 2.27. The molecule has 1 aliphatic carbocycles. The molecule has 0 aliphatic heterocycles. The molecule has 0 unspecified atom stereocenters. The number of hydrogen-bond acceptors (Lipinski definition) is 4. The molecule has 1 amide bonds. The molecule has 30 heavy (non-hydrogen) atoms. The Kier molecular flexibility index (Phi) is 5.95. The van der Waals surface area contributed by atoms with Crippen LogP contribution in [0.4, 0.5) is 0 Å². The molecule has 1 aromatic heterocycles. The van der Waals surface area contributed by atoms with Crippen LogP contribution in [0, 0.1) is 13.8 Å². The number of benzene rings is 2. The van der Waals surface area contributed by atoms with E-state index in [9.17, 15) is 9.59 Å². The van der Waals surface area contributed by atoms with E-state index >= 15 is 0 Å². The van der Waals surface area contributed by atoms with Gasteiger partial charge in [0.15, 0.2) is 5.16 Å². The number of rotatable bonds is 5. The van der Waals surface area contributed by atoms with Crippen LogP contribution in [0.2, 0.25) is 0 Å². The number of nitrogens with one attached hydrogen (secondary N) is 1. The first-order valence-corrected chi connectivity index (χ1v) is 11.4. The predicted octanol–water partition coefficient (Wildman–Crippen LogP) is 4.54. The quantitative estimate of drug-likeness (QED) is 0.485. The fraction of sp³-hybridized carbons (Fsp3) is 0.375. The smallest absolute Gasteiger partial charge is 0.266 e. The van der Waals surface area contributed by atoms with Gasteiger partial charge in [-0.1, -0.05) is 48.9 Å². The number of aromatic nitrogens is 2. The normalized spacial score (nSPS) is 15.4. The Labute approximate surface area is 180 Å². The van der Waals surface area contributed by atoms with Gasteiger partial charge in [0.25, 0.3) is 5.56 Å². The van der Waals surface area contributed by atoms with Crippen molar-refractivity contribution in [2.24, 2.45) is 0 Å². The largest absolute Gasteiger partial charge is 0.352 e. The van der Waals surface area contributed by atoms with Crippen LogP contribution >= 0.6 is 11.8 Å². The van der Waals surface area contributed by atoms with Crippen LogP contribution in [0.5, 0.6) is 0 Å². The van der Waals surface area contributed by atoms with E-state index < -0.39 is 0 Å². The maximum absolute atomic E-state index is 13.5. The van der Waals surface area contributed by atoms with E-state index in [1.165, 1.54) is 24.6 Å². The first-order valence-electron chi connectivity index (χ1n) is 10.5. The molecule has 5 nitrogen and oxygen atoms in total. The van der Waals surface area contributed by atoms with Gasteiger partial charge < -0.3 is 5.32 Å². The topological polar surface area (TPSA) is 64.0 Å². The first-order chi connectivity index (χ1) is 14.4. The lowest BCUT2D eigenvalue weighted by atomic mass is 10.1. The van der Waals surface area contributed by atoms with Gasteiger partial charge >= 0.3 is 0 Å². The second-order valence-corrected chi connectivity index (χ2v) is 9.40. The third kappa shape index (κ3) is 4.15. The highest BCUT2D eigenvalue weighted by atomic mass is 32.2. The Balaban J connectivity index is 1.77. The van der Waals surface area contributed by atoms with Crippen LogP contribution in [-0.2, 0) is 4.79 Å². The van der Waals surface area contributed by atoms with Crippen molar-refractivity contribution in [1.82, 2.24) is 14.9 Å². The lowest BCUT2D eigenvalue weighted by molar-refractivity contribution is -0.120. The molecule has 1 heterocycles. The summed E-state index contributed by atoms with van der Waals surface area (Å²) in [5, 5.41) is 3.92. The molecular weight excluding hydrogens is 394 g/mol. The van der Waals surface area contributed by atoms with Gasteiger partial charge in [-0.05, 0) is 62.9 Å².